The molecule has 0 aliphatic carbocycles. The lowest BCUT2D eigenvalue weighted by atomic mass is 10.2. The summed E-state index contributed by atoms with van der Waals surface area (Å²) in [5.74, 6) is -0.359. The second kappa shape index (κ2) is 8.18. The Hall–Kier alpha value is -4.55. The van der Waals surface area contributed by atoms with Gasteiger partial charge in [-0.1, -0.05) is 0 Å². The molecule has 0 spiro atoms. The fourth-order valence-corrected chi connectivity index (χ4v) is 3.72. The largest absolute Gasteiger partial charge is 0.364 e. The van der Waals surface area contributed by atoms with E-state index in [-0.39, 0.29) is 11.6 Å². The predicted molar refractivity (Wildman–Crippen MR) is 117 cm³/mol. The third kappa shape index (κ3) is 4.03. The number of pyridine rings is 1. The van der Waals surface area contributed by atoms with Gasteiger partial charge in [0.05, 0.1) is 11.9 Å². The fourth-order valence-electron chi connectivity index (χ4n) is 3.72. The van der Waals surface area contributed by atoms with Gasteiger partial charge in [0.1, 0.15) is 17.3 Å². The van der Waals surface area contributed by atoms with Crippen molar-refractivity contribution in [1.82, 2.24) is 29.8 Å². The van der Waals surface area contributed by atoms with Crippen LogP contribution in [0.3, 0.4) is 0 Å². The van der Waals surface area contributed by atoms with Crippen LogP contribution < -0.4 is 21.3 Å². The van der Waals surface area contributed by atoms with Gasteiger partial charge in [-0.15, -0.1) is 5.10 Å². The molecule has 1 atom stereocenters. The van der Waals surface area contributed by atoms with Gasteiger partial charge >= 0.3 is 0 Å². The number of nitrogens with two attached hydrogens (primary N) is 1. The minimum absolute atomic E-state index is 0.157. The molecule has 2 amide bonds. The Balaban J connectivity index is 1.42. The Kier molecular flexibility index (Phi) is 5.05. The molecule has 0 unspecified atom stereocenters. The molecule has 12 nitrogen and oxygen atoms in total. The van der Waals surface area contributed by atoms with Crippen molar-refractivity contribution in [3.63, 3.8) is 0 Å². The van der Waals surface area contributed by atoms with Crippen molar-refractivity contribution >= 4 is 40.6 Å². The molecule has 1 fully saturated rings. The van der Waals surface area contributed by atoms with Crippen molar-refractivity contribution < 1.29 is 14.0 Å². The highest BCUT2D eigenvalue weighted by molar-refractivity contribution is 5.97. The van der Waals surface area contributed by atoms with Crippen LogP contribution in [0.5, 0.6) is 0 Å². The molecule has 168 valence electrons. The number of amides is 2. The van der Waals surface area contributed by atoms with Crippen LogP contribution in [0.15, 0.2) is 42.7 Å². The zero-order chi connectivity index (χ0) is 22.9. The molecular weight excluding hydrogens is 431 g/mol. The van der Waals surface area contributed by atoms with Crippen LogP contribution in [0, 0.1) is 5.95 Å². The van der Waals surface area contributed by atoms with Crippen LogP contribution in [-0.4, -0.2) is 54.2 Å². The van der Waals surface area contributed by atoms with Gasteiger partial charge in [-0.3, -0.25) is 14.7 Å². The highest BCUT2D eigenvalue weighted by Gasteiger charge is 2.33. The Bertz CT molecular complexity index is 1330. The number of hydrogen-bond donors (Lipinski definition) is 4. The van der Waals surface area contributed by atoms with E-state index in [4.69, 9.17) is 5.73 Å². The Labute approximate surface area is 186 Å². The molecule has 0 saturated carbocycles. The van der Waals surface area contributed by atoms with E-state index in [2.05, 4.69) is 35.9 Å². The molecule has 5 heterocycles. The number of nitrogens with zero attached hydrogens (tertiary/aromatic N) is 6. The summed E-state index contributed by atoms with van der Waals surface area (Å²) < 4.78 is 14.7. The lowest BCUT2D eigenvalue weighted by molar-refractivity contribution is -0.117. The molecule has 0 bridgehead atoms. The van der Waals surface area contributed by atoms with Gasteiger partial charge in [0.25, 0.3) is 5.91 Å². The standard InChI is InChI=1S/C20H19FN10O2/c21-15-6-5-11(10-23-15)24-19(33)14-4-1-7-30(14)20-26-18(13-3-2-8-31(13)29-20)25-16-9-12(17(22)32)27-28-16/h2-3,5-6,8-10,14H,1,4,7H2,(H2,22,32)(H,24,33)(H2,25,26,27,28,29)/t14-/m0/s1. The number of aromatic nitrogens is 6. The van der Waals surface area contributed by atoms with Crippen LogP contribution in [0.4, 0.5) is 27.7 Å². The SMILES string of the molecule is NC(=O)c1cc(Nc2nc(N3CCC[C@H]3C(=O)Nc3ccc(F)nc3)nn3cccc23)n[nH]1. The molecule has 0 aromatic carbocycles. The van der Waals surface area contributed by atoms with Crippen molar-refractivity contribution in [3.8, 4) is 0 Å². The molecule has 33 heavy (non-hydrogen) atoms. The van der Waals surface area contributed by atoms with Crippen molar-refractivity contribution in [2.24, 2.45) is 5.73 Å². The van der Waals surface area contributed by atoms with Gasteiger partial charge in [-0.25, -0.2) is 9.50 Å². The number of primary amides is 1. The summed E-state index contributed by atoms with van der Waals surface area (Å²) in [6.45, 7) is 0.584. The monoisotopic (exact) mass is 450 g/mol. The number of carbonyl (C=O) groups excluding carboxylic acids is 2. The minimum atomic E-state index is -0.631. The number of halogens is 1. The van der Waals surface area contributed by atoms with Crippen molar-refractivity contribution in [1.29, 1.82) is 0 Å². The molecule has 0 radical (unpaired) electrons. The van der Waals surface area contributed by atoms with E-state index in [1.165, 1.54) is 24.4 Å². The lowest BCUT2D eigenvalue weighted by Crippen LogP contribution is -2.41. The summed E-state index contributed by atoms with van der Waals surface area (Å²) in [7, 11) is 0. The number of fused-ring (bicyclic) bond motifs is 1. The molecule has 5 rings (SSSR count). The first-order valence-electron chi connectivity index (χ1n) is 10.1. The molecule has 1 saturated heterocycles. The third-order valence-corrected chi connectivity index (χ3v) is 5.28. The normalized spacial score (nSPS) is 15.7. The van der Waals surface area contributed by atoms with Crippen molar-refractivity contribution in [3.05, 3.63) is 54.4 Å². The van der Waals surface area contributed by atoms with E-state index >= 15 is 0 Å². The van der Waals surface area contributed by atoms with Crippen molar-refractivity contribution in [2.75, 3.05) is 22.1 Å². The summed E-state index contributed by atoms with van der Waals surface area (Å²) in [6.07, 6.45) is 4.41. The van der Waals surface area contributed by atoms with Gasteiger partial charge in [-0.2, -0.15) is 14.5 Å². The number of nitrogens with one attached hydrogen (secondary N) is 3. The summed E-state index contributed by atoms with van der Waals surface area (Å²) in [5.41, 5.74) is 6.51. The molecule has 4 aromatic rings. The van der Waals surface area contributed by atoms with Gasteiger partial charge in [0, 0.05) is 18.8 Å². The summed E-state index contributed by atoms with van der Waals surface area (Å²) in [5, 5.41) is 17.0. The molecule has 5 N–H and O–H groups in total. The van der Waals surface area contributed by atoms with E-state index in [9.17, 15) is 14.0 Å². The second-order valence-electron chi connectivity index (χ2n) is 7.46. The number of H-pyrrole nitrogens is 1. The zero-order valence-corrected chi connectivity index (χ0v) is 17.2. The van der Waals surface area contributed by atoms with E-state index in [1.807, 2.05) is 17.0 Å². The summed E-state index contributed by atoms with van der Waals surface area (Å²) in [4.78, 5) is 34.3. The maximum atomic E-state index is 13.1. The average Bonchev–Trinajstić information content (AvgIpc) is 3.55. The van der Waals surface area contributed by atoms with Gasteiger partial charge in [0.15, 0.2) is 11.6 Å². The average molecular weight is 450 g/mol. The number of rotatable bonds is 6. The van der Waals surface area contributed by atoms with Gasteiger partial charge < -0.3 is 21.3 Å². The number of hydrogen-bond acceptors (Lipinski definition) is 8. The number of anilines is 4. The van der Waals surface area contributed by atoms with Crippen LogP contribution in [-0.2, 0) is 4.79 Å². The number of aromatic amines is 1. The van der Waals surface area contributed by atoms with Crippen LogP contribution in [0.2, 0.25) is 0 Å². The van der Waals surface area contributed by atoms with Crippen LogP contribution in [0.25, 0.3) is 5.52 Å². The minimum Gasteiger partial charge on any atom is -0.364 e. The third-order valence-electron chi connectivity index (χ3n) is 5.28. The first-order chi connectivity index (χ1) is 16.0. The molecule has 1 aliphatic rings. The highest BCUT2D eigenvalue weighted by atomic mass is 19.1. The van der Waals surface area contributed by atoms with Gasteiger partial charge in [0.2, 0.25) is 17.8 Å². The van der Waals surface area contributed by atoms with E-state index in [0.717, 1.165) is 6.42 Å². The maximum absolute atomic E-state index is 13.1. The van der Waals surface area contributed by atoms with E-state index in [0.29, 0.717) is 41.8 Å². The Morgan fingerprint density at radius 1 is 1.27 bits per heavy atom. The zero-order valence-electron chi connectivity index (χ0n) is 17.2. The summed E-state index contributed by atoms with van der Waals surface area (Å²) >= 11 is 0. The highest BCUT2D eigenvalue weighted by Crippen LogP contribution is 2.27. The first kappa shape index (κ1) is 20.4. The van der Waals surface area contributed by atoms with E-state index < -0.39 is 17.9 Å². The van der Waals surface area contributed by atoms with E-state index in [1.54, 1.807) is 10.7 Å². The fraction of sp³-hybridized carbons (Fsp3) is 0.200. The quantitative estimate of drug-likeness (QED) is 0.321. The number of carbonyl (C=O) groups is 2. The molecular formula is C20H19FN10O2. The molecule has 13 heteroatoms. The molecule has 1 aliphatic heterocycles. The topological polar surface area (TPSA) is 159 Å². The lowest BCUT2D eigenvalue weighted by Gasteiger charge is -2.24. The van der Waals surface area contributed by atoms with Crippen LogP contribution in [0.1, 0.15) is 23.3 Å². The molecule has 4 aromatic heterocycles. The first-order valence-corrected chi connectivity index (χ1v) is 10.1. The van der Waals surface area contributed by atoms with Crippen LogP contribution >= 0.6 is 0 Å². The summed E-state index contributed by atoms with van der Waals surface area (Å²) in [6, 6.07) is 7.24. The maximum Gasteiger partial charge on any atom is 0.266 e. The Morgan fingerprint density at radius 2 is 2.15 bits per heavy atom. The van der Waals surface area contributed by atoms with Gasteiger partial charge in [-0.05, 0) is 37.1 Å². The smallest absolute Gasteiger partial charge is 0.266 e. The van der Waals surface area contributed by atoms with Crippen molar-refractivity contribution in [2.45, 2.75) is 18.9 Å². The second-order valence-corrected chi connectivity index (χ2v) is 7.46. The predicted octanol–water partition coefficient (Wildman–Crippen LogP) is 1.44. The Morgan fingerprint density at radius 3 is 2.91 bits per heavy atom.